The molecule has 5 rings (SSSR count). The number of aryl methyl sites for hydroxylation is 2. The highest BCUT2D eigenvalue weighted by atomic mass is 32.1. The molecule has 26 heavy (non-hydrogen) atoms. The van der Waals surface area contributed by atoms with Gasteiger partial charge in [-0.2, -0.15) is 0 Å². The number of nitrogens with zero attached hydrogens (tertiary/aromatic N) is 2. The quantitative estimate of drug-likeness (QED) is 0.528. The normalized spacial score (nSPS) is 13.7. The second-order valence-electron chi connectivity index (χ2n) is 6.45. The fraction of sp³-hybridized carbons (Fsp3) is 0.200. The minimum atomic E-state index is -0.0467. The average Bonchev–Trinajstić information content (AvgIpc) is 3.37. The number of hydrogen-bond acceptors (Lipinski definition) is 4. The number of thiazole rings is 1. The van der Waals surface area contributed by atoms with Gasteiger partial charge in [0.05, 0.1) is 4.88 Å². The van der Waals surface area contributed by atoms with Crippen LogP contribution in [0.2, 0.25) is 0 Å². The lowest BCUT2D eigenvalue weighted by molar-refractivity contribution is 0.103. The summed E-state index contributed by atoms with van der Waals surface area (Å²) in [5.41, 5.74) is 3.17. The number of hydrogen-bond donors (Lipinski definition) is 1. The highest BCUT2D eigenvalue weighted by Gasteiger charge is 2.21. The van der Waals surface area contributed by atoms with Crippen molar-refractivity contribution in [3.63, 3.8) is 0 Å². The first-order valence-corrected chi connectivity index (χ1v) is 10.4. The van der Waals surface area contributed by atoms with Crippen LogP contribution in [-0.2, 0) is 12.8 Å². The van der Waals surface area contributed by atoms with Crippen LogP contribution in [0, 0.1) is 0 Å². The Balaban J connectivity index is 1.53. The molecule has 0 bridgehead atoms. The third-order valence-corrected chi connectivity index (χ3v) is 6.75. The monoisotopic (exact) mass is 379 g/mol. The summed E-state index contributed by atoms with van der Waals surface area (Å²) in [5, 5.41) is 5.10. The summed E-state index contributed by atoms with van der Waals surface area (Å²) in [6.07, 6.45) is 6.60. The van der Waals surface area contributed by atoms with E-state index in [0.717, 1.165) is 39.8 Å². The molecule has 1 aromatic carbocycles. The third-order valence-electron chi connectivity index (χ3n) is 4.76. The lowest BCUT2D eigenvalue weighted by Gasteiger charge is -2.08. The van der Waals surface area contributed by atoms with Gasteiger partial charge in [-0.15, -0.1) is 22.7 Å². The Bertz CT molecular complexity index is 1070. The Labute approximate surface area is 159 Å². The zero-order valence-corrected chi connectivity index (χ0v) is 15.7. The van der Waals surface area contributed by atoms with Gasteiger partial charge in [0, 0.05) is 22.0 Å². The van der Waals surface area contributed by atoms with E-state index in [4.69, 9.17) is 4.98 Å². The molecular weight excluding hydrogens is 362 g/mol. The second-order valence-corrected chi connectivity index (χ2v) is 8.46. The number of amides is 1. The number of benzene rings is 1. The summed E-state index contributed by atoms with van der Waals surface area (Å²) in [4.78, 5) is 20.7. The summed E-state index contributed by atoms with van der Waals surface area (Å²) < 4.78 is 1.96. The Morgan fingerprint density at radius 1 is 1.15 bits per heavy atom. The van der Waals surface area contributed by atoms with Gasteiger partial charge in [0.25, 0.3) is 5.91 Å². The van der Waals surface area contributed by atoms with Crippen molar-refractivity contribution in [2.24, 2.45) is 0 Å². The molecule has 1 N–H and O–H groups in total. The minimum absolute atomic E-state index is 0.0467. The molecule has 0 unspecified atom stereocenters. The molecule has 1 aliphatic carbocycles. The zero-order valence-electron chi connectivity index (χ0n) is 14.1. The summed E-state index contributed by atoms with van der Waals surface area (Å²) in [6, 6.07) is 12.1. The van der Waals surface area contributed by atoms with Gasteiger partial charge in [0.15, 0.2) is 4.96 Å². The van der Waals surface area contributed by atoms with Crippen molar-refractivity contribution in [1.29, 1.82) is 0 Å². The lowest BCUT2D eigenvalue weighted by Crippen LogP contribution is -2.12. The van der Waals surface area contributed by atoms with Gasteiger partial charge in [-0.1, -0.05) is 30.3 Å². The molecular formula is C20H17N3OS2. The highest BCUT2D eigenvalue weighted by molar-refractivity contribution is 7.15. The molecule has 0 atom stereocenters. The first-order chi connectivity index (χ1) is 12.8. The molecule has 0 saturated carbocycles. The van der Waals surface area contributed by atoms with Crippen LogP contribution in [0.4, 0.5) is 5.82 Å². The molecule has 3 aromatic heterocycles. The van der Waals surface area contributed by atoms with E-state index in [1.165, 1.54) is 23.3 Å². The van der Waals surface area contributed by atoms with E-state index in [1.807, 2.05) is 46.3 Å². The molecule has 6 heteroatoms. The number of carbonyl (C=O) groups is 1. The van der Waals surface area contributed by atoms with Crippen LogP contribution in [0.1, 0.15) is 33.0 Å². The SMILES string of the molecule is O=C(Nc1c(-c2ccccc2)nc2sccn12)c1cc2c(s1)CCCC2. The van der Waals surface area contributed by atoms with Gasteiger partial charge < -0.3 is 5.32 Å². The van der Waals surface area contributed by atoms with E-state index in [2.05, 4.69) is 11.4 Å². The van der Waals surface area contributed by atoms with Gasteiger partial charge in [0.1, 0.15) is 11.5 Å². The molecule has 130 valence electrons. The first kappa shape index (κ1) is 15.8. The van der Waals surface area contributed by atoms with E-state index >= 15 is 0 Å². The summed E-state index contributed by atoms with van der Waals surface area (Å²) in [6.45, 7) is 0. The van der Waals surface area contributed by atoms with Crippen LogP contribution in [0.3, 0.4) is 0 Å². The summed E-state index contributed by atoms with van der Waals surface area (Å²) in [5.74, 6) is 0.693. The molecule has 3 heterocycles. The van der Waals surface area contributed by atoms with Gasteiger partial charge in [0.2, 0.25) is 0 Å². The van der Waals surface area contributed by atoms with E-state index in [-0.39, 0.29) is 5.91 Å². The minimum Gasteiger partial charge on any atom is -0.305 e. The standard InChI is InChI=1S/C20H17N3OS2/c24-19(16-12-14-8-4-5-9-15(14)26-16)22-18-17(13-6-2-1-3-7-13)21-20-23(18)10-11-25-20/h1-3,6-7,10-12H,4-5,8-9H2,(H,22,24). The van der Waals surface area contributed by atoms with Crippen molar-refractivity contribution in [3.05, 3.63) is 63.3 Å². The van der Waals surface area contributed by atoms with Crippen molar-refractivity contribution < 1.29 is 4.79 Å². The number of anilines is 1. The Morgan fingerprint density at radius 2 is 2.00 bits per heavy atom. The van der Waals surface area contributed by atoms with Gasteiger partial charge >= 0.3 is 0 Å². The van der Waals surface area contributed by atoms with E-state index in [0.29, 0.717) is 0 Å². The molecule has 0 spiro atoms. The zero-order chi connectivity index (χ0) is 17.5. The van der Waals surface area contributed by atoms with Crippen molar-refractivity contribution in [3.8, 4) is 11.3 Å². The summed E-state index contributed by atoms with van der Waals surface area (Å²) in [7, 11) is 0. The number of fused-ring (bicyclic) bond motifs is 2. The predicted octanol–water partition coefficient (Wildman–Crippen LogP) is 5.26. The molecule has 0 aliphatic heterocycles. The largest absolute Gasteiger partial charge is 0.305 e. The Hall–Kier alpha value is -2.44. The van der Waals surface area contributed by atoms with Crippen LogP contribution in [-0.4, -0.2) is 15.3 Å². The fourth-order valence-corrected chi connectivity index (χ4v) is 5.34. The maximum Gasteiger partial charge on any atom is 0.266 e. The van der Waals surface area contributed by atoms with Gasteiger partial charge in [-0.05, 0) is 37.3 Å². The number of thiophene rings is 1. The molecule has 0 radical (unpaired) electrons. The van der Waals surface area contributed by atoms with Crippen LogP contribution < -0.4 is 5.32 Å². The van der Waals surface area contributed by atoms with Gasteiger partial charge in [-0.3, -0.25) is 9.20 Å². The van der Waals surface area contributed by atoms with Crippen molar-refractivity contribution in [2.45, 2.75) is 25.7 Å². The average molecular weight is 380 g/mol. The van der Waals surface area contributed by atoms with E-state index in [1.54, 1.807) is 22.7 Å². The molecule has 4 aromatic rings. The van der Waals surface area contributed by atoms with Crippen molar-refractivity contribution >= 4 is 39.4 Å². The van der Waals surface area contributed by atoms with Gasteiger partial charge in [-0.25, -0.2) is 4.98 Å². The smallest absolute Gasteiger partial charge is 0.266 e. The first-order valence-electron chi connectivity index (χ1n) is 8.73. The van der Waals surface area contributed by atoms with Crippen LogP contribution in [0.5, 0.6) is 0 Å². The van der Waals surface area contributed by atoms with Crippen LogP contribution in [0.25, 0.3) is 16.2 Å². The van der Waals surface area contributed by atoms with Crippen molar-refractivity contribution in [2.75, 3.05) is 5.32 Å². The fourth-order valence-electron chi connectivity index (χ4n) is 3.47. The maximum atomic E-state index is 12.9. The van der Waals surface area contributed by atoms with Crippen LogP contribution in [0.15, 0.2) is 48.0 Å². The topological polar surface area (TPSA) is 46.4 Å². The number of nitrogens with one attached hydrogen (secondary N) is 1. The lowest BCUT2D eigenvalue weighted by atomic mass is 9.99. The Morgan fingerprint density at radius 3 is 2.85 bits per heavy atom. The molecule has 1 aliphatic rings. The van der Waals surface area contributed by atoms with Crippen LogP contribution >= 0.6 is 22.7 Å². The maximum absolute atomic E-state index is 12.9. The third kappa shape index (κ3) is 2.66. The molecule has 0 saturated heterocycles. The number of aromatic nitrogens is 2. The predicted molar refractivity (Wildman–Crippen MR) is 107 cm³/mol. The summed E-state index contributed by atoms with van der Waals surface area (Å²) >= 11 is 3.20. The molecule has 4 nitrogen and oxygen atoms in total. The molecule has 0 fully saturated rings. The number of rotatable bonds is 3. The molecule has 1 amide bonds. The van der Waals surface area contributed by atoms with E-state index < -0.39 is 0 Å². The van der Waals surface area contributed by atoms with Crippen molar-refractivity contribution in [1.82, 2.24) is 9.38 Å². The highest BCUT2D eigenvalue weighted by Crippen LogP contribution is 2.33. The Kier molecular flexibility index (Phi) is 3.87. The number of imidazole rings is 1. The van der Waals surface area contributed by atoms with E-state index in [9.17, 15) is 4.79 Å². The number of carbonyl (C=O) groups excluding carboxylic acids is 1. The second kappa shape index (κ2) is 6.37.